The van der Waals surface area contributed by atoms with Gasteiger partial charge in [-0.05, 0) is 26.0 Å². The third kappa shape index (κ3) is 10.4. The van der Waals surface area contributed by atoms with Crippen LogP contribution in [0.4, 0.5) is 0 Å². The number of halogens is 2. The average molecular weight is 495 g/mol. The lowest BCUT2D eigenvalue weighted by Crippen LogP contribution is -2.28. The number of esters is 2. The summed E-state index contributed by atoms with van der Waals surface area (Å²) in [6.07, 6.45) is -2.07. The Morgan fingerprint density at radius 3 is 1.68 bits per heavy atom. The van der Waals surface area contributed by atoms with Crippen LogP contribution in [-0.2, 0) is 32.7 Å². The monoisotopic (exact) mass is 494 g/mol. The summed E-state index contributed by atoms with van der Waals surface area (Å²) in [5.74, 6) is -1.52. The second kappa shape index (κ2) is 13.6. The lowest BCUT2D eigenvalue weighted by molar-refractivity contribution is -0.141. The quantitative estimate of drug-likeness (QED) is 0.159. The molecule has 0 aromatic heterocycles. The molecule has 8 nitrogen and oxygen atoms in total. The van der Waals surface area contributed by atoms with Gasteiger partial charge in [-0.25, -0.2) is 14.2 Å². The van der Waals surface area contributed by atoms with Gasteiger partial charge in [-0.2, -0.15) is 0 Å². The topological polar surface area (TPSA) is 97.4 Å². The summed E-state index contributed by atoms with van der Waals surface area (Å²) in [7, 11) is -4.35. The van der Waals surface area contributed by atoms with E-state index in [0.29, 0.717) is 0 Å². The van der Waals surface area contributed by atoms with Crippen LogP contribution in [0.2, 0.25) is 0 Å². The first-order chi connectivity index (χ1) is 14.6. The van der Waals surface area contributed by atoms with E-state index in [0.717, 1.165) is 0 Å². The number of phosphoric ester groups is 1. The van der Waals surface area contributed by atoms with Crippen LogP contribution in [0.3, 0.4) is 0 Å². The zero-order valence-electron chi connectivity index (χ0n) is 17.3. The fraction of sp³-hybridized carbons (Fsp3) is 0.400. The van der Waals surface area contributed by atoms with Gasteiger partial charge in [0.15, 0.2) is 0 Å². The lowest BCUT2D eigenvalue weighted by atomic mass is 10.3. The second-order valence-corrected chi connectivity index (χ2v) is 8.49. The highest BCUT2D eigenvalue weighted by Gasteiger charge is 2.36. The molecule has 0 bridgehead atoms. The molecule has 0 heterocycles. The van der Waals surface area contributed by atoms with Gasteiger partial charge in [0.1, 0.15) is 31.2 Å². The molecular weight excluding hydrogens is 470 g/mol. The molecule has 0 spiro atoms. The number of benzene rings is 1. The molecule has 11 heteroatoms. The van der Waals surface area contributed by atoms with Crippen molar-refractivity contribution in [1.29, 1.82) is 0 Å². The van der Waals surface area contributed by atoms with Crippen LogP contribution in [0, 0.1) is 0 Å². The van der Waals surface area contributed by atoms with Gasteiger partial charge in [-0.3, -0.25) is 9.05 Å². The minimum absolute atomic E-state index is 0.176. The molecule has 0 aliphatic carbocycles. The number of carbonyl (C=O) groups excluding carboxylic acids is 2. The van der Waals surface area contributed by atoms with Crippen molar-refractivity contribution in [3.8, 4) is 5.75 Å². The molecule has 0 saturated carbocycles. The number of ether oxygens (including phenoxy) is 2. The van der Waals surface area contributed by atoms with E-state index < -0.39 is 32.0 Å². The largest absolute Gasteiger partial charge is 0.530 e. The SMILES string of the molecule is C=C(C)C(=O)OCC(CCl)OP(=O)(Oc1ccccc1)OC(CCl)COC(=O)C(=C)C. The van der Waals surface area contributed by atoms with Gasteiger partial charge >= 0.3 is 19.8 Å². The maximum Gasteiger partial charge on any atom is 0.530 e. The summed E-state index contributed by atoms with van der Waals surface area (Å²) in [6, 6.07) is 8.11. The number of para-hydroxylation sites is 1. The van der Waals surface area contributed by atoms with Crippen LogP contribution < -0.4 is 4.52 Å². The summed E-state index contributed by atoms with van der Waals surface area (Å²) < 4.78 is 39.8. The van der Waals surface area contributed by atoms with Gasteiger partial charge in [0.25, 0.3) is 0 Å². The first-order valence-corrected chi connectivity index (χ1v) is 11.6. The molecule has 2 atom stereocenters. The highest BCUT2D eigenvalue weighted by Crippen LogP contribution is 2.52. The summed E-state index contributed by atoms with van der Waals surface area (Å²) in [5, 5.41) is 0. The van der Waals surface area contributed by atoms with Gasteiger partial charge in [0, 0.05) is 11.1 Å². The number of alkyl halides is 2. The van der Waals surface area contributed by atoms with E-state index in [4.69, 9.17) is 46.2 Å². The van der Waals surface area contributed by atoms with Crippen LogP contribution in [-0.4, -0.2) is 49.1 Å². The molecule has 1 aromatic carbocycles. The van der Waals surface area contributed by atoms with E-state index in [1.807, 2.05) is 0 Å². The third-order valence-corrected chi connectivity index (χ3v) is 5.59. The number of hydrogen-bond acceptors (Lipinski definition) is 8. The van der Waals surface area contributed by atoms with Gasteiger partial charge in [0.05, 0.1) is 11.8 Å². The van der Waals surface area contributed by atoms with Crippen molar-refractivity contribution < 1.29 is 37.2 Å². The molecule has 172 valence electrons. The molecule has 1 aromatic rings. The van der Waals surface area contributed by atoms with Crippen molar-refractivity contribution >= 4 is 43.0 Å². The summed E-state index contributed by atoms with van der Waals surface area (Å²) in [5.41, 5.74) is 0.352. The molecule has 0 fully saturated rings. The first-order valence-electron chi connectivity index (χ1n) is 9.08. The summed E-state index contributed by atoms with van der Waals surface area (Å²) >= 11 is 11.7. The Morgan fingerprint density at radius 1 is 0.903 bits per heavy atom. The van der Waals surface area contributed by atoms with Gasteiger partial charge in [-0.15, -0.1) is 23.2 Å². The number of phosphoric acid groups is 1. The minimum Gasteiger partial charge on any atom is -0.460 e. The molecule has 0 N–H and O–H groups in total. The molecule has 0 aliphatic rings. The number of rotatable bonds is 14. The van der Waals surface area contributed by atoms with Gasteiger partial charge in [-0.1, -0.05) is 31.4 Å². The predicted molar refractivity (Wildman–Crippen MR) is 117 cm³/mol. The first kappa shape index (κ1) is 27.2. The van der Waals surface area contributed by atoms with E-state index in [2.05, 4.69) is 13.2 Å². The zero-order valence-corrected chi connectivity index (χ0v) is 19.7. The van der Waals surface area contributed by atoms with Crippen molar-refractivity contribution in [1.82, 2.24) is 0 Å². The van der Waals surface area contributed by atoms with Crippen LogP contribution >= 0.6 is 31.0 Å². The highest BCUT2D eigenvalue weighted by molar-refractivity contribution is 7.49. The van der Waals surface area contributed by atoms with Crippen molar-refractivity contribution in [3.63, 3.8) is 0 Å². The second-order valence-electron chi connectivity index (χ2n) is 6.37. The Kier molecular flexibility index (Phi) is 11.9. The molecule has 1 rings (SSSR count). The molecule has 0 aliphatic heterocycles. The van der Waals surface area contributed by atoms with Gasteiger partial charge < -0.3 is 14.0 Å². The van der Waals surface area contributed by atoms with E-state index >= 15 is 0 Å². The summed E-state index contributed by atoms with van der Waals surface area (Å²) in [4.78, 5) is 23.2. The normalized spacial score (nSPS) is 14.6. The lowest BCUT2D eigenvalue weighted by Gasteiger charge is -2.26. The van der Waals surface area contributed by atoms with Gasteiger partial charge in [0.2, 0.25) is 0 Å². The van der Waals surface area contributed by atoms with E-state index in [1.165, 1.54) is 26.0 Å². The summed E-state index contributed by atoms with van der Waals surface area (Å²) in [6.45, 7) is 9.25. The Balaban J connectivity index is 2.97. The fourth-order valence-corrected chi connectivity index (χ4v) is 3.83. The Bertz CT molecular complexity index is 771. The van der Waals surface area contributed by atoms with Crippen molar-refractivity contribution in [2.75, 3.05) is 25.0 Å². The zero-order chi connectivity index (χ0) is 23.4. The Labute approximate surface area is 191 Å². The van der Waals surface area contributed by atoms with E-state index in [1.54, 1.807) is 18.2 Å². The van der Waals surface area contributed by atoms with E-state index in [9.17, 15) is 14.2 Å². The number of hydrogen-bond donors (Lipinski definition) is 0. The average Bonchev–Trinajstić information content (AvgIpc) is 2.73. The third-order valence-electron chi connectivity index (χ3n) is 3.36. The van der Waals surface area contributed by atoms with Crippen molar-refractivity contribution in [2.24, 2.45) is 0 Å². The molecule has 2 unspecified atom stereocenters. The maximum atomic E-state index is 13.4. The molecule has 0 amide bonds. The Morgan fingerprint density at radius 2 is 1.32 bits per heavy atom. The molecule has 31 heavy (non-hydrogen) atoms. The Hall–Kier alpha value is -1.83. The fourth-order valence-electron chi connectivity index (χ4n) is 1.83. The predicted octanol–water partition coefficient (Wildman–Crippen LogP) is 4.66. The van der Waals surface area contributed by atoms with Crippen LogP contribution in [0.25, 0.3) is 0 Å². The molecule has 0 radical (unpaired) electrons. The highest BCUT2D eigenvalue weighted by atomic mass is 35.5. The standard InChI is InChI=1S/C20H25Cl2O8P/c1-14(2)19(23)26-12-17(10-21)29-31(25,28-16-8-6-5-7-9-16)30-18(11-22)13-27-20(24)15(3)4/h5-9,17-18H,1,3,10-13H2,2,4H3. The minimum atomic E-state index is -4.35. The number of carbonyl (C=O) groups is 2. The molecule has 0 saturated heterocycles. The maximum absolute atomic E-state index is 13.4. The van der Waals surface area contributed by atoms with Crippen LogP contribution in [0.15, 0.2) is 54.6 Å². The smallest absolute Gasteiger partial charge is 0.460 e. The van der Waals surface area contributed by atoms with Crippen LogP contribution in [0.1, 0.15) is 13.8 Å². The van der Waals surface area contributed by atoms with E-state index in [-0.39, 0.29) is 41.9 Å². The van der Waals surface area contributed by atoms with Crippen LogP contribution in [0.5, 0.6) is 5.75 Å². The van der Waals surface area contributed by atoms with Crippen molar-refractivity contribution in [2.45, 2.75) is 26.1 Å². The molecular formula is C20H25Cl2O8P. The van der Waals surface area contributed by atoms with Crippen molar-refractivity contribution in [3.05, 3.63) is 54.6 Å².